The van der Waals surface area contributed by atoms with Gasteiger partial charge in [0.25, 0.3) is 0 Å². The van der Waals surface area contributed by atoms with Gasteiger partial charge >= 0.3 is 0 Å². The molecule has 1 aromatic rings. The van der Waals surface area contributed by atoms with Gasteiger partial charge in [0.15, 0.2) is 0 Å². The Bertz CT molecular complexity index is 407. The molecule has 0 aliphatic heterocycles. The Morgan fingerprint density at radius 1 is 1.37 bits per heavy atom. The number of nitrogens with one attached hydrogen (secondary N) is 1. The van der Waals surface area contributed by atoms with E-state index in [1.54, 1.807) is 7.05 Å². The summed E-state index contributed by atoms with van der Waals surface area (Å²) < 4.78 is 0. The zero-order valence-corrected chi connectivity index (χ0v) is 12.0. The molecular formula is C15H24N2O2. The van der Waals surface area contributed by atoms with Crippen molar-refractivity contribution in [1.82, 2.24) is 5.32 Å². The molecule has 2 N–H and O–H groups in total. The number of rotatable bonds is 7. The van der Waals surface area contributed by atoms with Crippen molar-refractivity contribution in [2.24, 2.45) is 0 Å². The maximum atomic E-state index is 11.6. The van der Waals surface area contributed by atoms with Crippen LogP contribution in [0.1, 0.15) is 38.4 Å². The fourth-order valence-electron chi connectivity index (χ4n) is 2.08. The van der Waals surface area contributed by atoms with Crippen LogP contribution in [0.3, 0.4) is 0 Å². The molecular weight excluding hydrogens is 240 g/mol. The van der Waals surface area contributed by atoms with Crippen LogP contribution in [0.5, 0.6) is 0 Å². The summed E-state index contributed by atoms with van der Waals surface area (Å²) in [7, 11) is 1.64. The van der Waals surface area contributed by atoms with Gasteiger partial charge in [-0.1, -0.05) is 32.0 Å². The van der Waals surface area contributed by atoms with Gasteiger partial charge in [-0.15, -0.1) is 0 Å². The first-order valence-electron chi connectivity index (χ1n) is 6.86. The van der Waals surface area contributed by atoms with Crippen molar-refractivity contribution in [2.45, 2.75) is 32.8 Å². The second kappa shape index (κ2) is 7.79. The monoisotopic (exact) mass is 264 g/mol. The van der Waals surface area contributed by atoms with Crippen LogP contribution in [-0.4, -0.2) is 31.2 Å². The number of amides is 1. The summed E-state index contributed by atoms with van der Waals surface area (Å²) in [6.45, 7) is 5.14. The molecule has 1 atom stereocenters. The maximum absolute atomic E-state index is 11.6. The first-order chi connectivity index (χ1) is 9.13. The van der Waals surface area contributed by atoms with Crippen LogP contribution < -0.4 is 10.2 Å². The zero-order valence-electron chi connectivity index (χ0n) is 12.0. The minimum atomic E-state index is -0.486. The number of para-hydroxylation sites is 1. The minimum Gasteiger partial charge on any atom is -0.388 e. The number of hydrogen-bond acceptors (Lipinski definition) is 3. The summed E-state index contributed by atoms with van der Waals surface area (Å²) in [6, 6.07) is 7.75. The average molecular weight is 264 g/mol. The fraction of sp³-hybridized carbons (Fsp3) is 0.533. The Kier molecular flexibility index (Phi) is 6.36. The number of aliphatic hydroxyl groups is 1. The second-order valence-electron chi connectivity index (χ2n) is 4.58. The Morgan fingerprint density at radius 3 is 2.63 bits per heavy atom. The van der Waals surface area contributed by atoms with Gasteiger partial charge in [-0.05, 0) is 18.9 Å². The average Bonchev–Trinajstić information content (AvgIpc) is 2.45. The lowest BCUT2D eigenvalue weighted by molar-refractivity contribution is -0.119. The van der Waals surface area contributed by atoms with Crippen LogP contribution >= 0.6 is 0 Å². The first kappa shape index (κ1) is 15.5. The van der Waals surface area contributed by atoms with Crippen LogP contribution in [0.2, 0.25) is 0 Å². The summed E-state index contributed by atoms with van der Waals surface area (Å²) >= 11 is 0. The van der Waals surface area contributed by atoms with Gasteiger partial charge in [0.2, 0.25) is 5.91 Å². The molecule has 0 bridgehead atoms. The van der Waals surface area contributed by atoms with E-state index in [4.69, 9.17) is 0 Å². The standard InChI is InChI=1S/C15H24N2O2/c1-4-10-17(11-15(19)16-3)13-9-7-6-8-12(13)14(18)5-2/h6-9,14,18H,4-5,10-11H2,1-3H3,(H,16,19). The largest absolute Gasteiger partial charge is 0.388 e. The van der Waals surface area contributed by atoms with E-state index in [9.17, 15) is 9.90 Å². The van der Waals surface area contributed by atoms with E-state index in [0.717, 1.165) is 24.2 Å². The third-order valence-electron chi connectivity index (χ3n) is 3.13. The lowest BCUT2D eigenvalue weighted by atomic mass is 10.0. The van der Waals surface area contributed by atoms with E-state index >= 15 is 0 Å². The van der Waals surface area contributed by atoms with E-state index in [1.807, 2.05) is 36.1 Å². The second-order valence-corrected chi connectivity index (χ2v) is 4.58. The van der Waals surface area contributed by atoms with E-state index in [1.165, 1.54) is 0 Å². The molecule has 0 radical (unpaired) electrons. The molecule has 0 heterocycles. The predicted molar refractivity (Wildman–Crippen MR) is 78.3 cm³/mol. The molecule has 0 fully saturated rings. The number of carbonyl (C=O) groups is 1. The molecule has 1 unspecified atom stereocenters. The topological polar surface area (TPSA) is 52.6 Å². The quantitative estimate of drug-likeness (QED) is 0.793. The third-order valence-corrected chi connectivity index (χ3v) is 3.13. The maximum Gasteiger partial charge on any atom is 0.239 e. The van der Waals surface area contributed by atoms with Gasteiger partial charge in [0, 0.05) is 24.8 Å². The number of carbonyl (C=O) groups excluding carboxylic acids is 1. The lowest BCUT2D eigenvalue weighted by Crippen LogP contribution is -2.36. The van der Waals surface area contributed by atoms with Crippen molar-refractivity contribution < 1.29 is 9.90 Å². The third kappa shape index (κ3) is 4.24. The zero-order chi connectivity index (χ0) is 14.3. The van der Waals surface area contributed by atoms with Crippen molar-refractivity contribution in [1.29, 1.82) is 0 Å². The van der Waals surface area contributed by atoms with Crippen molar-refractivity contribution in [2.75, 3.05) is 25.0 Å². The molecule has 0 aromatic heterocycles. The summed E-state index contributed by atoms with van der Waals surface area (Å²) in [5, 5.41) is 12.7. The summed E-state index contributed by atoms with van der Waals surface area (Å²) in [5.74, 6) is -0.0192. The molecule has 4 nitrogen and oxygen atoms in total. The summed E-state index contributed by atoms with van der Waals surface area (Å²) in [5.41, 5.74) is 1.84. The van der Waals surface area contributed by atoms with E-state index in [-0.39, 0.29) is 5.91 Å². The van der Waals surface area contributed by atoms with Gasteiger partial charge in [-0.25, -0.2) is 0 Å². The van der Waals surface area contributed by atoms with E-state index in [0.29, 0.717) is 13.0 Å². The first-order valence-corrected chi connectivity index (χ1v) is 6.86. The molecule has 0 aliphatic rings. The Morgan fingerprint density at radius 2 is 2.05 bits per heavy atom. The van der Waals surface area contributed by atoms with Gasteiger partial charge in [0.05, 0.1) is 12.6 Å². The Balaban J connectivity index is 3.04. The number of aliphatic hydroxyl groups excluding tert-OH is 1. The van der Waals surface area contributed by atoms with Gasteiger partial charge in [-0.3, -0.25) is 4.79 Å². The molecule has 1 aromatic carbocycles. The smallest absolute Gasteiger partial charge is 0.239 e. The van der Waals surface area contributed by atoms with Gasteiger partial charge < -0.3 is 15.3 Å². The minimum absolute atomic E-state index is 0.0192. The predicted octanol–water partition coefficient (Wildman–Crippen LogP) is 2.09. The normalized spacial score (nSPS) is 12.0. The number of benzene rings is 1. The highest BCUT2D eigenvalue weighted by atomic mass is 16.3. The van der Waals surface area contributed by atoms with Crippen molar-refractivity contribution in [3.63, 3.8) is 0 Å². The van der Waals surface area contributed by atoms with Crippen molar-refractivity contribution in [3.05, 3.63) is 29.8 Å². The molecule has 0 saturated carbocycles. The highest BCUT2D eigenvalue weighted by molar-refractivity contribution is 5.81. The van der Waals surface area contributed by atoms with Crippen LogP contribution in [0, 0.1) is 0 Å². The molecule has 1 rings (SSSR count). The van der Waals surface area contributed by atoms with E-state index < -0.39 is 6.10 Å². The van der Waals surface area contributed by atoms with Gasteiger partial charge in [-0.2, -0.15) is 0 Å². The van der Waals surface area contributed by atoms with Crippen molar-refractivity contribution >= 4 is 11.6 Å². The Labute approximate surface area is 115 Å². The van der Waals surface area contributed by atoms with Crippen LogP contribution in [-0.2, 0) is 4.79 Å². The molecule has 19 heavy (non-hydrogen) atoms. The summed E-state index contributed by atoms with van der Waals surface area (Å²) in [4.78, 5) is 13.6. The molecule has 0 aliphatic carbocycles. The molecule has 4 heteroatoms. The summed E-state index contributed by atoms with van der Waals surface area (Å²) in [6.07, 6.45) is 1.13. The van der Waals surface area contributed by atoms with Crippen LogP contribution in [0.4, 0.5) is 5.69 Å². The highest BCUT2D eigenvalue weighted by Gasteiger charge is 2.16. The van der Waals surface area contributed by atoms with Gasteiger partial charge in [0.1, 0.15) is 0 Å². The number of anilines is 1. The number of hydrogen-bond donors (Lipinski definition) is 2. The SMILES string of the molecule is CCCN(CC(=O)NC)c1ccccc1C(O)CC. The van der Waals surface area contributed by atoms with Crippen LogP contribution in [0.15, 0.2) is 24.3 Å². The molecule has 106 valence electrons. The highest BCUT2D eigenvalue weighted by Crippen LogP contribution is 2.28. The fourth-order valence-corrected chi connectivity index (χ4v) is 2.08. The molecule has 0 spiro atoms. The van der Waals surface area contributed by atoms with Crippen LogP contribution in [0.25, 0.3) is 0 Å². The van der Waals surface area contributed by atoms with Crippen molar-refractivity contribution in [3.8, 4) is 0 Å². The van der Waals surface area contributed by atoms with E-state index in [2.05, 4.69) is 12.2 Å². The molecule has 0 saturated heterocycles. The number of likely N-dealkylation sites (N-methyl/N-ethyl adjacent to an activating group) is 1. The molecule has 1 amide bonds. The number of nitrogens with zero attached hydrogens (tertiary/aromatic N) is 1. The lowest BCUT2D eigenvalue weighted by Gasteiger charge is -2.27. The Hall–Kier alpha value is -1.55.